The van der Waals surface area contributed by atoms with E-state index < -0.39 is 40.8 Å². The fraction of sp³-hybridized carbons (Fsp3) is 0.400. The van der Waals surface area contributed by atoms with Crippen LogP contribution in [-0.2, 0) is 28.6 Å². The van der Waals surface area contributed by atoms with E-state index in [1.165, 1.54) is 18.7 Å². The predicted molar refractivity (Wildman–Crippen MR) is 123 cm³/mol. The summed E-state index contributed by atoms with van der Waals surface area (Å²) in [6, 6.07) is 18.1. The number of hydrogen-bond acceptors (Lipinski definition) is 7. The Balaban J connectivity index is 2.60. The van der Waals surface area contributed by atoms with E-state index >= 15 is 0 Å². The minimum absolute atomic E-state index is 0.119. The van der Waals surface area contributed by atoms with E-state index in [0.717, 1.165) is 4.90 Å². The highest BCUT2D eigenvalue weighted by atomic mass is 32.2. The first-order chi connectivity index (χ1) is 15.1. The van der Waals surface area contributed by atoms with E-state index in [4.69, 9.17) is 14.2 Å². The Hall–Kier alpha value is -2.80. The third-order valence-corrected chi connectivity index (χ3v) is 5.56. The summed E-state index contributed by atoms with van der Waals surface area (Å²) in [5, 5.41) is -1.01. The SMILES string of the molecule is CCOC(=O)[C@H](C(Sc1ccccc1)C(=O)OC(C)(C)C)[C@H](OC(C)=O)c1ccccc1. The maximum atomic E-state index is 13.3. The largest absolute Gasteiger partial charge is 0.466 e. The first kappa shape index (κ1) is 25.5. The molecule has 0 aliphatic carbocycles. The minimum atomic E-state index is -1.12. The monoisotopic (exact) mass is 458 g/mol. The van der Waals surface area contributed by atoms with Gasteiger partial charge in [0.25, 0.3) is 0 Å². The van der Waals surface area contributed by atoms with Crippen LogP contribution in [0.15, 0.2) is 65.6 Å². The van der Waals surface area contributed by atoms with Crippen molar-refractivity contribution < 1.29 is 28.6 Å². The lowest BCUT2D eigenvalue weighted by atomic mass is 9.92. The van der Waals surface area contributed by atoms with E-state index in [2.05, 4.69) is 0 Å². The summed E-state index contributed by atoms with van der Waals surface area (Å²) in [6.07, 6.45) is -1.03. The second-order valence-corrected chi connectivity index (χ2v) is 9.32. The van der Waals surface area contributed by atoms with Crippen LogP contribution in [0, 0.1) is 5.92 Å². The zero-order valence-electron chi connectivity index (χ0n) is 19.1. The van der Waals surface area contributed by atoms with Gasteiger partial charge in [0.1, 0.15) is 22.9 Å². The first-order valence-corrected chi connectivity index (χ1v) is 11.3. The van der Waals surface area contributed by atoms with Crippen molar-refractivity contribution in [1.82, 2.24) is 0 Å². The van der Waals surface area contributed by atoms with Crippen molar-refractivity contribution in [2.45, 2.75) is 56.5 Å². The second-order valence-electron chi connectivity index (χ2n) is 8.10. The van der Waals surface area contributed by atoms with Crippen LogP contribution in [0.25, 0.3) is 0 Å². The van der Waals surface area contributed by atoms with Crippen molar-refractivity contribution in [2.24, 2.45) is 5.92 Å². The number of benzene rings is 2. The molecule has 7 heteroatoms. The van der Waals surface area contributed by atoms with E-state index in [9.17, 15) is 14.4 Å². The molecule has 0 spiro atoms. The Kier molecular flexibility index (Phi) is 9.32. The van der Waals surface area contributed by atoms with Crippen molar-refractivity contribution in [1.29, 1.82) is 0 Å². The molecule has 32 heavy (non-hydrogen) atoms. The molecule has 2 aromatic carbocycles. The van der Waals surface area contributed by atoms with Gasteiger partial charge in [0, 0.05) is 11.8 Å². The highest BCUT2D eigenvalue weighted by Crippen LogP contribution is 2.39. The van der Waals surface area contributed by atoms with Crippen LogP contribution in [0.4, 0.5) is 0 Å². The molecule has 2 rings (SSSR count). The van der Waals surface area contributed by atoms with Gasteiger partial charge in [-0.3, -0.25) is 14.4 Å². The standard InChI is InChI=1S/C25H30O6S/c1-6-29-23(27)20(21(30-17(2)26)18-13-9-7-10-14-18)22(24(28)31-25(3,4)5)32-19-15-11-8-12-16-19/h7-16,20-22H,6H2,1-5H3/t20-,21+,22?/m0/s1. The molecule has 3 atom stereocenters. The van der Waals surface area contributed by atoms with E-state index in [1.807, 2.05) is 36.4 Å². The molecule has 0 radical (unpaired) electrons. The zero-order valence-corrected chi connectivity index (χ0v) is 19.9. The van der Waals surface area contributed by atoms with Gasteiger partial charge in [-0.1, -0.05) is 48.5 Å². The van der Waals surface area contributed by atoms with Gasteiger partial charge in [-0.15, -0.1) is 11.8 Å². The molecule has 0 aromatic heterocycles. The Labute approximate surface area is 193 Å². The van der Waals surface area contributed by atoms with Gasteiger partial charge in [0.05, 0.1) is 6.61 Å². The number of carbonyl (C=O) groups excluding carboxylic acids is 3. The molecule has 0 fully saturated rings. The van der Waals surface area contributed by atoms with Crippen molar-refractivity contribution in [2.75, 3.05) is 6.61 Å². The van der Waals surface area contributed by atoms with Crippen LogP contribution in [0.5, 0.6) is 0 Å². The maximum Gasteiger partial charge on any atom is 0.321 e. The van der Waals surface area contributed by atoms with Gasteiger partial charge in [-0.05, 0) is 45.4 Å². The van der Waals surface area contributed by atoms with Gasteiger partial charge in [-0.25, -0.2) is 0 Å². The summed E-state index contributed by atoms with van der Waals surface area (Å²) < 4.78 is 16.6. The van der Waals surface area contributed by atoms with Crippen LogP contribution in [0.2, 0.25) is 0 Å². The molecule has 0 bridgehead atoms. The summed E-state index contributed by atoms with van der Waals surface area (Å²) in [4.78, 5) is 39.3. The molecule has 0 amide bonds. The Morgan fingerprint density at radius 3 is 1.97 bits per heavy atom. The summed E-state index contributed by atoms with van der Waals surface area (Å²) in [7, 11) is 0. The Morgan fingerprint density at radius 1 is 0.906 bits per heavy atom. The third kappa shape index (κ3) is 7.71. The van der Waals surface area contributed by atoms with E-state index in [1.54, 1.807) is 52.0 Å². The number of rotatable bonds is 9. The number of thioether (sulfide) groups is 1. The lowest BCUT2D eigenvalue weighted by molar-refractivity contribution is -0.169. The summed E-state index contributed by atoms with van der Waals surface area (Å²) >= 11 is 1.18. The number of esters is 3. The molecular formula is C25H30O6S. The lowest BCUT2D eigenvalue weighted by Crippen LogP contribution is -2.42. The summed E-state index contributed by atoms with van der Waals surface area (Å²) in [5.74, 6) is -2.92. The van der Waals surface area contributed by atoms with Gasteiger partial charge in [0.15, 0.2) is 0 Å². The molecule has 0 aliphatic rings. The minimum Gasteiger partial charge on any atom is -0.466 e. The van der Waals surface area contributed by atoms with Crippen molar-refractivity contribution in [3.05, 3.63) is 66.2 Å². The Bertz CT molecular complexity index is 892. The molecule has 0 saturated heterocycles. The molecule has 0 N–H and O–H groups in total. The average Bonchev–Trinajstić information content (AvgIpc) is 2.72. The van der Waals surface area contributed by atoms with Gasteiger partial charge in [0.2, 0.25) is 0 Å². The molecule has 1 unspecified atom stereocenters. The van der Waals surface area contributed by atoms with E-state index in [0.29, 0.717) is 5.56 Å². The number of carbonyl (C=O) groups is 3. The second kappa shape index (κ2) is 11.7. The summed E-state index contributed by atoms with van der Waals surface area (Å²) in [6.45, 7) is 8.35. The smallest absolute Gasteiger partial charge is 0.321 e. The first-order valence-electron chi connectivity index (χ1n) is 10.5. The molecule has 0 aliphatic heterocycles. The summed E-state index contributed by atoms with van der Waals surface area (Å²) in [5.41, 5.74) is -0.182. The van der Waals surface area contributed by atoms with Gasteiger partial charge in [-0.2, -0.15) is 0 Å². The fourth-order valence-corrected chi connectivity index (χ4v) is 4.24. The van der Waals surface area contributed by atoms with Crippen LogP contribution >= 0.6 is 11.8 Å². The molecular weight excluding hydrogens is 428 g/mol. The van der Waals surface area contributed by atoms with Gasteiger partial charge >= 0.3 is 17.9 Å². The zero-order chi connectivity index (χ0) is 23.7. The van der Waals surface area contributed by atoms with Crippen LogP contribution in [0.3, 0.4) is 0 Å². The van der Waals surface area contributed by atoms with Crippen molar-refractivity contribution in [3.8, 4) is 0 Å². The highest BCUT2D eigenvalue weighted by molar-refractivity contribution is 8.00. The topological polar surface area (TPSA) is 78.9 Å². The third-order valence-electron chi connectivity index (χ3n) is 4.28. The quantitative estimate of drug-likeness (QED) is 0.298. The van der Waals surface area contributed by atoms with Gasteiger partial charge < -0.3 is 14.2 Å². The van der Waals surface area contributed by atoms with Crippen molar-refractivity contribution in [3.63, 3.8) is 0 Å². The van der Waals surface area contributed by atoms with Crippen LogP contribution in [0.1, 0.15) is 46.3 Å². The molecule has 0 heterocycles. The molecule has 0 saturated carbocycles. The highest BCUT2D eigenvalue weighted by Gasteiger charge is 2.45. The predicted octanol–water partition coefficient (Wildman–Crippen LogP) is 4.97. The number of hydrogen-bond donors (Lipinski definition) is 0. The van der Waals surface area contributed by atoms with Crippen LogP contribution in [-0.4, -0.2) is 35.4 Å². The van der Waals surface area contributed by atoms with Crippen LogP contribution < -0.4 is 0 Å². The molecule has 172 valence electrons. The maximum absolute atomic E-state index is 13.3. The molecule has 6 nitrogen and oxygen atoms in total. The lowest BCUT2D eigenvalue weighted by Gasteiger charge is -2.32. The fourth-order valence-electron chi connectivity index (χ4n) is 3.09. The number of ether oxygens (including phenoxy) is 3. The molecule has 2 aromatic rings. The van der Waals surface area contributed by atoms with Crippen molar-refractivity contribution >= 4 is 29.7 Å². The average molecular weight is 459 g/mol. The Morgan fingerprint density at radius 2 is 1.47 bits per heavy atom. The van der Waals surface area contributed by atoms with E-state index in [-0.39, 0.29) is 6.61 Å². The normalized spacial score (nSPS) is 14.0.